The highest BCUT2D eigenvalue weighted by Gasteiger charge is 2.35. The second-order valence-electron chi connectivity index (χ2n) is 4.15. The Balaban J connectivity index is 0.00000144. The molecule has 0 amide bonds. The molecule has 1 heterocycles. The first-order valence-electron chi connectivity index (χ1n) is 5.30. The summed E-state index contributed by atoms with van der Waals surface area (Å²) in [6, 6.07) is 3.42. The topological polar surface area (TPSA) is 29.1 Å². The van der Waals surface area contributed by atoms with Crippen LogP contribution in [0.1, 0.15) is 18.4 Å². The van der Waals surface area contributed by atoms with Gasteiger partial charge in [0, 0.05) is 11.6 Å². The quantitative estimate of drug-likeness (QED) is 0.827. The van der Waals surface area contributed by atoms with Crippen LogP contribution in [0.15, 0.2) is 18.2 Å². The van der Waals surface area contributed by atoms with E-state index in [-0.39, 0.29) is 12.4 Å². The van der Waals surface area contributed by atoms with Crippen LogP contribution in [-0.4, -0.2) is 19.4 Å². The van der Waals surface area contributed by atoms with Crippen LogP contribution in [0.5, 0.6) is 0 Å². The third kappa shape index (κ3) is 2.64. The molecule has 17 heavy (non-hydrogen) atoms. The minimum absolute atomic E-state index is 0. The standard InChI is InChI=1S/C12H13F2NO.ClH/c13-9-1-2-10(11(14)7-9)12(8-16)3-5-15-6-4-12;/h1-2,7-8,15H,3-6H2;1H. The molecule has 1 saturated heterocycles. The van der Waals surface area contributed by atoms with E-state index >= 15 is 0 Å². The van der Waals surface area contributed by atoms with Gasteiger partial charge in [0.25, 0.3) is 0 Å². The Morgan fingerprint density at radius 1 is 1.24 bits per heavy atom. The lowest BCUT2D eigenvalue weighted by Crippen LogP contribution is -2.41. The lowest BCUT2D eigenvalue weighted by atomic mass is 9.74. The van der Waals surface area contributed by atoms with Gasteiger partial charge in [-0.1, -0.05) is 6.07 Å². The largest absolute Gasteiger partial charge is 0.317 e. The molecular weight excluding hydrogens is 248 g/mol. The average molecular weight is 262 g/mol. The predicted octanol–water partition coefficient (Wildman–Crippen LogP) is 2.21. The Hall–Kier alpha value is -1.00. The van der Waals surface area contributed by atoms with E-state index < -0.39 is 17.0 Å². The number of benzene rings is 1. The molecule has 0 aromatic heterocycles. The fraction of sp³-hybridized carbons (Fsp3) is 0.417. The van der Waals surface area contributed by atoms with Crippen molar-refractivity contribution >= 4 is 18.7 Å². The van der Waals surface area contributed by atoms with Gasteiger partial charge in [-0.25, -0.2) is 8.78 Å². The smallest absolute Gasteiger partial charge is 0.130 e. The van der Waals surface area contributed by atoms with E-state index in [2.05, 4.69) is 5.32 Å². The molecule has 0 unspecified atom stereocenters. The summed E-state index contributed by atoms with van der Waals surface area (Å²) in [6.45, 7) is 1.35. The van der Waals surface area contributed by atoms with Crippen molar-refractivity contribution in [2.75, 3.05) is 13.1 Å². The summed E-state index contributed by atoms with van der Waals surface area (Å²) in [6.07, 6.45) is 1.91. The van der Waals surface area contributed by atoms with Gasteiger partial charge in [-0.3, -0.25) is 0 Å². The highest BCUT2D eigenvalue weighted by atomic mass is 35.5. The first-order valence-corrected chi connectivity index (χ1v) is 5.30. The molecule has 2 nitrogen and oxygen atoms in total. The van der Waals surface area contributed by atoms with Gasteiger partial charge in [-0.15, -0.1) is 12.4 Å². The van der Waals surface area contributed by atoms with E-state index in [9.17, 15) is 13.6 Å². The van der Waals surface area contributed by atoms with Crippen LogP contribution in [0.2, 0.25) is 0 Å². The van der Waals surface area contributed by atoms with Gasteiger partial charge in [0.15, 0.2) is 0 Å². The highest BCUT2D eigenvalue weighted by molar-refractivity contribution is 5.85. The molecule has 0 aliphatic carbocycles. The van der Waals surface area contributed by atoms with E-state index in [1.165, 1.54) is 12.1 Å². The second kappa shape index (κ2) is 5.56. The average Bonchev–Trinajstić information content (AvgIpc) is 2.30. The summed E-state index contributed by atoms with van der Waals surface area (Å²) < 4.78 is 26.5. The van der Waals surface area contributed by atoms with Crippen molar-refractivity contribution in [1.29, 1.82) is 0 Å². The van der Waals surface area contributed by atoms with Gasteiger partial charge in [0.2, 0.25) is 0 Å². The molecular formula is C12H14ClF2NO. The maximum Gasteiger partial charge on any atom is 0.130 e. The van der Waals surface area contributed by atoms with Crippen molar-refractivity contribution in [3.05, 3.63) is 35.4 Å². The fourth-order valence-electron chi connectivity index (χ4n) is 2.22. The third-order valence-corrected chi connectivity index (χ3v) is 3.19. The SMILES string of the molecule is Cl.O=CC1(c2ccc(F)cc2F)CCNCC1. The van der Waals surface area contributed by atoms with Crippen LogP contribution in [0.4, 0.5) is 8.78 Å². The second-order valence-corrected chi connectivity index (χ2v) is 4.15. The van der Waals surface area contributed by atoms with Gasteiger partial charge in [-0.05, 0) is 32.0 Å². The van der Waals surface area contributed by atoms with Gasteiger partial charge in [0.05, 0.1) is 5.41 Å². The van der Waals surface area contributed by atoms with Crippen molar-refractivity contribution in [2.24, 2.45) is 0 Å². The van der Waals surface area contributed by atoms with Crippen LogP contribution < -0.4 is 5.32 Å². The Morgan fingerprint density at radius 3 is 2.41 bits per heavy atom. The molecule has 1 fully saturated rings. The van der Waals surface area contributed by atoms with E-state index in [1.807, 2.05) is 0 Å². The molecule has 1 aromatic carbocycles. The fourth-order valence-corrected chi connectivity index (χ4v) is 2.22. The molecule has 94 valence electrons. The predicted molar refractivity (Wildman–Crippen MR) is 63.5 cm³/mol. The number of hydrogen-bond donors (Lipinski definition) is 1. The summed E-state index contributed by atoms with van der Waals surface area (Å²) >= 11 is 0. The molecule has 0 atom stereocenters. The summed E-state index contributed by atoms with van der Waals surface area (Å²) in [5.41, 5.74) is -0.478. The van der Waals surface area contributed by atoms with E-state index in [0.29, 0.717) is 31.5 Å². The number of carbonyl (C=O) groups excluding carboxylic acids is 1. The Labute approximate surface area is 105 Å². The van der Waals surface area contributed by atoms with Crippen molar-refractivity contribution in [1.82, 2.24) is 5.32 Å². The van der Waals surface area contributed by atoms with Gasteiger partial charge < -0.3 is 10.1 Å². The first kappa shape index (κ1) is 14.1. The van der Waals surface area contributed by atoms with Crippen LogP contribution in [0, 0.1) is 11.6 Å². The van der Waals surface area contributed by atoms with Crippen molar-refractivity contribution in [3.8, 4) is 0 Å². The number of halogens is 3. The lowest BCUT2D eigenvalue weighted by molar-refractivity contribution is -0.113. The first-order chi connectivity index (χ1) is 7.68. The summed E-state index contributed by atoms with van der Waals surface area (Å²) in [7, 11) is 0. The highest BCUT2D eigenvalue weighted by Crippen LogP contribution is 2.33. The van der Waals surface area contributed by atoms with E-state index in [0.717, 1.165) is 12.4 Å². The number of piperidine rings is 1. The minimum atomic E-state index is -0.789. The van der Waals surface area contributed by atoms with Crippen molar-refractivity contribution in [3.63, 3.8) is 0 Å². The van der Waals surface area contributed by atoms with Crippen LogP contribution in [0.25, 0.3) is 0 Å². The summed E-state index contributed by atoms with van der Waals surface area (Å²) in [4.78, 5) is 11.2. The van der Waals surface area contributed by atoms with Gasteiger partial charge >= 0.3 is 0 Å². The Kier molecular flexibility index (Phi) is 4.60. The molecule has 2 rings (SSSR count). The zero-order chi connectivity index (χ0) is 11.6. The zero-order valence-electron chi connectivity index (χ0n) is 9.21. The molecule has 0 bridgehead atoms. The van der Waals surface area contributed by atoms with E-state index in [1.54, 1.807) is 0 Å². The molecule has 1 aromatic rings. The third-order valence-electron chi connectivity index (χ3n) is 3.19. The normalized spacial score (nSPS) is 18.2. The molecule has 0 saturated carbocycles. The minimum Gasteiger partial charge on any atom is -0.317 e. The zero-order valence-corrected chi connectivity index (χ0v) is 10.0. The number of nitrogens with one attached hydrogen (secondary N) is 1. The lowest BCUT2D eigenvalue weighted by Gasteiger charge is -2.33. The van der Waals surface area contributed by atoms with Crippen LogP contribution in [-0.2, 0) is 10.2 Å². The van der Waals surface area contributed by atoms with Crippen LogP contribution in [0.3, 0.4) is 0 Å². The Morgan fingerprint density at radius 2 is 1.88 bits per heavy atom. The maximum atomic E-state index is 13.6. The monoisotopic (exact) mass is 261 g/mol. The van der Waals surface area contributed by atoms with Crippen LogP contribution >= 0.6 is 12.4 Å². The molecule has 0 spiro atoms. The van der Waals surface area contributed by atoms with Gasteiger partial charge in [-0.2, -0.15) is 0 Å². The Bertz CT molecular complexity index is 405. The van der Waals surface area contributed by atoms with E-state index in [4.69, 9.17) is 0 Å². The molecule has 5 heteroatoms. The van der Waals surface area contributed by atoms with Crippen molar-refractivity contribution < 1.29 is 13.6 Å². The maximum absolute atomic E-state index is 13.6. The molecule has 1 N–H and O–H groups in total. The summed E-state index contributed by atoms with van der Waals surface area (Å²) in [5.74, 6) is -1.25. The van der Waals surface area contributed by atoms with Crippen molar-refractivity contribution in [2.45, 2.75) is 18.3 Å². The molecule has 1 aliphatic heterocycles. The van der Waals surface area contributed by atoms with Gasteiger partial charge in [0.1, 0.15) is 17.9 Å². The number of aldehydes is 1. The summed E-state index contributed by atoms with van der Waals surface area (Å²) in [5, 5.41) is 3.12. The molecule has 1 aliphatic rings. The number of carbonyl (C=O) groups is 1. The number of hydrogen-bond acceptors (Lipinski definition) is 2. The molecule has 0 radical (unpaired) electrons. The number of rotatable bonds is 2.